The van der Waals surface area contributed by atoms with Gasteiger partial charge in [-0.05, 0) is 50.4 Å². The van der Waals surface area contributed by atoms with Gasteiger partial charge in [0.2, 0.25) is 0 Å². The summed E-state index contributed by atoms with van der Waals surface area (Å²) in [5, 5.41) is 13.4. The van der Waals surface area contributed by atoms with E-state index in [0.29, 0.717) is 11.5 Å². The molecule has 1 fully saturated rings. The molecule has 4 nitrogen and oxygen atoms in total. The lowest BCUT2D eigenvalue weighted by atomic mass is 9.96. The first-order valence-corrected chi connectivity index (χ1v) is 7.42. The summed E-state index contributed by atoms with van der Waals surface area (Å²) in [6.07, 6.45) is 2.07. The monoisotopic (exact) mass is 276 g/mol. The fraction of sp³-hybridized carbons (Fsp3) is 0.562. The molecule has 0 radical (unpaired) electrons. The number of amides is 1. The van der Waals surface area contributed by atoms with Gasteiger partial charge in [0.1, 0.15) is 5.75 Å². The molecule has 1 aliphatic heterocycles. The van der Waals surface area contributed by atoms with Gasteiger partial charge in [0.15, 0.2) is 0 Å². The van der Waals surface area contributed by atoms with E-state index in [-0.39, 0.29) is 11.7 Å². The molecule has 1 saturated heterocycles. The summed E-state index contributed by atoms with van der Waals surface area (Å²) in [5.74, 6) is 0.727. The fourth-order valence-electron chi connectivity index (χ4n) is 2.69. The number of hydrogen-bond donors (Lipinski definition) is 2. The summed E-state index contributed by atoms with van der Waals surface area (Å²) in [6, 6.07) is 5.34. The molecule has 4 heteroatoms. The number of nitrogens with one attached hydrogen (secondary N) is 1. The molecular weight excluding hydrogens is 252 g/mol. The zero-order chi connectivity index (χ0) is 14.5. The van der Waals surface area contributed by atoms with E-state index in [1.54, 1.807) is 6.07 Å². The first-order chi connectivity index (χ1) is 9.63. The van der Waals surface area contributed by atoms with Crippen LogP contribution < -0.4 is 5.32 Å². The normalized spacial score (nSPS) is 16.4. The van der Waals surface area contributed by atoms with E-state index in [9.17, 15) is 9.90 Å². The number of para-hydroxylation sites is 1. The molecule has 1 amide bonds. The maximum Gasteiger partial charge on any atom is 0.257 e. The molecule has 1 aromatic carbocycles. The number of piperidine rings is 1. The Morgan fingerprint density at radius 1 is 1.40 bits per heavy atom. The van der Waals surface area contributed by atoms with Gasteiger partial charge in [-0.15, -0.1) is 0 Å². The summed E-state index contributed by atoms with van der Waals surface area (Å²) in [4.78, 5) is 14.3. The first kappa shape index (κ1) is 14.9. The average molecular weight is 276 g/mol. The Labute approximate surface area is 120 Å². The lowest BCUT2D eigenvalue weighted by molar-refractivity contribution is 0.0687. The van der Waals surface area contributed by atoms with Crippen LogP contribution in [0.15, 0.2) is 18.2 Å². The van der Waals surface area contributed by atoms with Gasteiger partial charge in [-0.1, -0.05) is 19.1 Å². The highest BCUT2D eigenvalue weighted by molar-refractivity contribution is 5.97. The molecule has 0 bridgehead atoms. The Morgan fingerprint density at radius 3 is 2.75 bits per heavy atom. The molecule has 2 N–H and O–H groups in total. The van der Waals surface area contributed by atoms with E-state index >= 15 is 0 Å². The Hall–Kier alpha value is -1.55. The number of aromatic hydroxyl groups is 1. The zero-order valence-corrected chi connectivity index (χ0v) is 12.4. The topological polar surface area (TPSA) is 52.6 Å². The van der Waals surface area contributed by atoms with Gasteiger partial charge in [-0.25, -0.2) is 0 Å². The van der Waals surface area contributed by atoms with Crippen LogP contribution >= 0.6 is 0 Å². The SMILES string of the molecule is CCNCC1CCN(C(=O)c2cccc(C)c2O)CC1. The lowest BCUT2D eigenvalue weighted by Crippen LogP contribution is -2.40. The van der Waals surface area contributed by atoms with Crippen LogP contribution in [0.25, 0.3) is 0 Å². The quantitative estimate of drug-likeness (QED) is 0.886. The first-order valence-electron chi connectivity index (χ1n) is 7.42. The molecule has 0 aliphatic carbocycles. The second-order valence-corrected chi connectivity index (χ2v) is 5.51. The number of benzene rings is 1. The number of aryl methyl sites for hydroxylation is 1. The number of carbonyl (C=O) groups is 1. The average Bonchev–Trinajstić information content (AvgIpc) is 2.48. The second-order valence-electron chi connectivity index (χ2n) is 5.51. The fourth-order valence-corrected chi connectivity index (χ4v) is 2.69. The van der Waals surface area contributed by atoms with Gasteiger partial charge in [0.05, 0.1) is 5.56 Å². The van der Waals surface area contributed by atoms with E-state index in [1.807, 2.05) is 24.0 Å². The van der Waals surface area contributed by atoms with E-state index in [4.69, 9.17) is 0 Å². The molecule has 1 aromatic rings. The van der Waals surface area contributed by atoms with E-state index in [2.05, 4.69) is 12.2 Å². The summed E-state index contributed by atoms with van der Waals surface area (Å²) < 4.78 is 0. The summed E-state index contributed by atoms with van der Waals surface area (Å²) in [6.45, 7) is 7.52. The van der Waals surface area contributed by atoms with Gasteiger partial charge in [0.25, 0.3) is 5.91 Å². The lowest BCUT2D eigenvalue weighted by Gasteiger charge is -2.32. The van der Waals surface area contributed by atoms with Gasteiger partial charge in [0, 0.05) is 13.1 Å². The third-order valence-corrected chi connectivity index (χ3v) is 4.05. The molecule has 110 valence electrons. The highest BCUT2D eigenvalue weighted by atomic mass is 16.3. The molecular formula is C16H24N2O2. The minimum atomic E-state index is -0.0481. The van der Waals surface area contributed by atoms with Crippen molar-refractivity contribution < 1.29 is 9.90 Å². The third-order valence-electron chi connectivity index (χ3n) is 4.05. The van der Waals surface area contributed by atoms with Crippen molar-refractivity contribution in [3.8, 4) is 5.75 Å². The molecule has 1 heterocycles. The predicted octanol–water partition coefficient (Wildman–Crippen LogP) is 2.16. The van der Waals surface area contributed by atoms with Crippen molar-refractivity contribution in [2.24, 2.45) is 5.92 Å². The summed E-state index contributed by atoms with van der Waals surface area (Å²) in [7, 11) is 0. The number of hydrogen-bond acceptors (Lipinski definition) is 3. The maximum atomic E-state index is 12.4. The van der Waals surface area contributed by atoms with Crippen molar-refractivity contribution in [3.63, 3.8) is 0 Å². The largest absolute Gasteiger partial charge is 0.507 e. The number of likely N-dealkylation sites (tertiary alicyclic amines) is 1. The molecule has 1 aliphatic rings. The smallest absolute Gasteiger partial charge is 0.257 e. The molecule has 0 atom stereocenters. The van der Waals surface area contributed by atoms with Crippen LogP contribution in [-0.4, -0.2) is 42.1 Å². The summed E-state index contributed by atoms with van der Waals surface area (Å²) in [5.41, 5.74) is 1.17. The number of phenols is 1. The Kier molecular flexibility index (Phi) is 5.01. The van der Waals surface area contributed by atoms with E-state index in [0.717, 1.165) is 44.6 Å². The highest BCUT2D eigenvalue weighted by Gasteiger charge is 2.25. The van der Waals surface area contributed by atoms with Crippen LogP contribution in [-0.2, 0) is 0 Å². The van der Waals surface area contributed by atoms with Crippen LogP contribution in [0, 0.1) is 12.8 Å². The minimum Gasteiger partial charge on any atom is -0.507 e. The van der Waals surface area contributed by atoms with Crippen LogP contribution in [0.3, 0.4) is 0 Å². The molecule has 0 aromatic heterocycles. The van der Waals surface area contributed by atoms with Crippen LogP contribution in [0.1, 0.15) is 35.7 Å². The van der Waals surface area contributed by atoms with Crippen molar-refractivity contribution in [1.29, 1.82) is 0 Å². The Bertz CT molecular complexity index is 466. The Morgan fingerprint density at radius 2 is 2.10 bits per heavy atom. The maximum absolute atomic E-state index is 12.4. The molecule has 20 heavy (non-hydrogen) atoms. The van der Waals surface area contributed by atoms with Gasteiger partial charge in [-0.2, -0.15) is 0 Å². The van der Waals surface area contributed by atoms with Crippen molar-refractivity contribution >= 4 is 5.91 Å². The minimum absolute atomic E-state index is 0.0481. The molecule has 2 rings (SSSR count). The van der Waals surface area contributed by atoms with Gasteiger partial charge >= 0.3 is 0 Å². The van der Waals surface area contributed by atoms with Crippen molar-refractivity contribution in [2.45, 2.75) is 26.7 Å². The summed E-state index contributed by atoms with van der Waals surface area (Å²) >= 11 is 0. The van der Waals surface area contributed by atoms with Crippen molar-refractivity contribution in [1.82, 2.24) is 10.2 Å². The predicted molar refractivity (Wildman–Crippen MR) is 80.0 cm³/mol. The van der Waals surface area contributed by atoms with Crippen LogP contribution in [0.2, 0.25) is 0 Å². The highest BCUT2D eigenvalue weighted by Crippen LogP contribution is 2.25. The standard InChI is InChI=1S/C16H24N2O2/c1-3-17-11-13-7-9-18(10-8-13)16(20)14-6-4-5-12(2)15(14)19/h4-6,13,17,19H,3,7-11H2,1-2H3. The Balaban J connectivity index is 1.96. The number of rotatable bonds is 4. The van der Waals surface area contributed by atoms with E-state index in [1.165, 1.54) is 0 Å². The van der Waals surface area contributed by atoms with Crippen LogP contribution in [0.4, 0.5) is 0 Å². The zero-order valence-electron chi connectivity index (χ0n) is 12.4. The molecule has 0 spiro atoms. The molecule has 0 saturated carbocycles. The van der Waals surface area contributed by atoms with Gasteiger partial charge in [-0.3, -0.25) is 4.79 Å². The number of carbonyl (C=O) groups excluding carboxylic acids is 1. The van der Waals surface area contributed by atoms with Crippen molar-refractivity contribution in [3.05, 3.63) is 29.3 Å². The van der Waals surface area contributed by atoms with Crippen molar-refractivity contribution in [2.75, 3.05) is 26.2 Å². The van der Waals surface area contributed by atoms with Crippen LogP contribution in [0.5, 0.6) is 5.75 Å². The number of nitrogens with zero attached hydrogens (tertiary/aromatic N) is 1. The molecule has 0 unspecified atom stereocenters. The third kappa shape index (κ3) is 3.31. The number of phenolic OH excluding ortho intramolecular Hbond substituents is 1. The van der Waals surface area contributed by atoms with E-state index < -0.39 is 0 Å². The second kappa shape index (κ2) is 6.75. The van der Waals surface area contributed by atoms with Gasteiger partial charge < -0.3 is 15.3 Å².